The minimum absolute atomic E-state index is 0.106. The molecule has 0 saturated carbocycles. The van der Waals surface area contributed by atoms with E-state index in [1.807, 2.05) is 38.1 Å². The zero-order chi connectivity index (χ0) is 13.7. The highest BCUT2D eigenvalue weighted by molar-refractivity contribution is 5.83. The smallest absolute Gasteiger partial charge is 0.263 e. The van der Waals surface area contributed by atoms with Crippen LogP contribution in [0.1, 0.15) is 19.4 Å². The van der Waals surface area contributed by atoms with Crippen LogP contribution >= 0.6 is 0 Å². The highest BCUT2D eigenvalue weighted by atomic mass is 16.5. The van der Waals surface area contributed by atoms with Crippen molar-refractivity contribution in [3.05, 3.63) is 36.2 Å². The lowest BCUT2D eigenvalue weighted by molar-refractivity contribution is 0.242. The molecule has 1 heterocycles. The molecule has 0 saturated heterocycles. The van der Waals surface area contributed by atoms with E-state index in [9.17, 15) is 0 Å². The fourth-order valence-electron chi connectivity index (χ4n) is 1.43. The Hall–Kier alpha value is -2.57. The monoisotopic (exact) mass is 260 g/mol. The molecule has 0 bridgehead atoms. The summed E-state index contributed by atoms with van der Waals surface area (Å²) in [5.74, 6) is 6.68. The van der Waals surface area contributed by atoms with Crippen molar-refractivity contribution in [2.75, 3.05) is 11.3 Å². The van der Waals surface area contributed by atoms with Gasteiger partial charge in [-0.25, -0.2) is 10.1 Å². The van der Waals surface area contributed by atoms with Crippen molar-refractivity contribution in [1.82, 2.24) is 14.9 Å². The van der Waals surface area contributed by atoms with Gasteiger partial charge in [-0.3, -0.25) is 0 Å². The number of rotatable bonds is 5. The molecule has 7 nitrogen and oxygen atoms in total. The summed E-state index contributed by atoms with van der Waals surface area (Å²) in [5, 5.41) is 11.4. The van der Waals surface area contributed by atoms with Crippen LogP contribution in [0.3, 0.4) is 0 Å². The van der Waals surface area contributed by atoms with Crippen molar-refractivity contribution in [1.29, 1.82) is 0 Å². The van der Waals surface area contributed by atoms with Crippen molar-refractivity contribution in [3.8, 4) is 5.75 Å². The Morgan fingerprint density at radius 1 is 1.42 bits per heavy atom. The van der Waals surface area contributed by atoms with E-state index in [0.29, 0.717) is 5.95 Å². The van der Waals surface area contributed by atoms with Gasteiger partial charge in [0.25, 0.3) is 5.95 Å². The maximum Gasteiger partial charge on any atom is 0.263 e. The van der Waals surface area contributed by atoms with E-state index in [4.69, 9.17) is 10.6 Å². The Morgan fingerprint density at radius 3 is 2.89 bits per heavy atom. The van der Waals surface area contributed by atoms with Gasteiger partial charge < -0.3 is 10.6 Å². The summed E-state index contributed by atoms with van der Waals surface area (Å²) >= 11 is 0. The average Bonchev–Trinajstić information content (AvgIpc) is 2.77. The number of benzene rings is 1. The molecule has 1 aromatic heterocycles. The predicted molar refractivity (Wildman–Crippen MR) is 73.6 cm³/mol. The molecule has 0 spiro atoms. The van der Waals surface area contributed by atoms with Crippen molar-refractivity contribution in [2.24, 2.45) is 5.10 Å². The van der Waals surface area contributed by atoms with E-state index in [2.05, 4.69) is 20.7 Å². The molecule has 1 aromatic carbocycles. The summed E-state index contributed by atoms with van der Waals surface area (Å²) in [6.45, 7) is 3.95. The molecule has 100 valence electrons. The van der Waals surface area contributed by atoms with E-state index in [1.165, 1.54) is 11.0 Å². The second-order valence-electron chi connectivity index (χ2n) is 4.14. The third-order valence-corrected chi connectivity index (χ3v) is 2.22. The highest BCUT2D eigenvalue weighted by Gasteiger charge is 2.03. The van der Waals surface area contributed by atoms with E-state index < -0.39 is 0 Å². The van der Waals surface area contributed by atoms with Crippen LogP contribution in [0.25, 0.3) is 0 Å². The van der Waals surface area contributed by atoms with Crippen LogP contribution in [-0.2, 0) is 0 Å². The molecule has 0 atom stereocenters. The summed E-state index contributed by atoms with van der Waals surface area (Å²) in [6.07, 6.45) is 3.13. The van der Waals surface area contributed by atoms with Gasteiger partial charge in [0.2, 0.25) is 0 Å². The normalized spacial score (nSPS) is 11.1. The number of para-hydroxylation sites is 1. The van der Waals surface area contributed by atoms with Crippen LogP contribution in [0, 0.1) is 0 Å². The third kappa shape index (κ3) is 3.44. The molecule has 0 aliphatic carbocycles. The lowest BCUT2D eigenvalue weighted by atomic mass is 10.2. The van der Waals surface area contributed by atoms with Crippen LogP contribution in [0.5, 0.6) is 5.75 Å². The van der Waals surface area contributed by atoms with Gasteiger partial charge in [-0.2, -0.15) is 5.10 Å². The van der Waals surface area contributed by atoms with E-state index >= 15 is 0 Å². The van der Waals surface area contributed by atoms with Gasteiger partial charge in [-0.1, -0.05) is 12.1 Å². The molecule has 2 rings (SSSR count). The molecule has 0 unspecified atom stereocenters. The number of aromatic nitrogens is 3. The van der Waals surface area contributed by atoms with Gasteiger partial charge in [0.1, 0.15) is 12.1 Å². The number of nitrogens with one attached hydrogen (secondary N) is 1. The Balaban J connectivity index is 2.08. The van der Waals surface area contributed by atoms with E-state index in [1.54, 1.807) is 6.21 Å². The first-order valence-corrected chi connectivity index (χ1v) is 5.86. The maximum absolute atomic E-state index is 5.68. The number of hydrogen-bond donors (Lipinski definition) is 2. The van der Waals surface area contributed by atoms with Crippen molar-refractivity contribution < 1.29 is 4.74 Å². The number of nitrogen functional groups attached to an aromatic ring is 1. The number of nitrogens with two attached hydrogens (primary N) is 1. The van der Waals surface area contributed by atoms with Gasteiger partial charge >= 0.3 is 0 Å². The zero-order valence-electron chi connectivity index (χ0n) is 10.8. The summed E-state index contributed by atoms with van der Waals surface area (Å²) in [6, 6.07) is 7.64. The van der Waals surface area contributed by atoms with Crippen LogP contribution < -0.4 is 16.0 Å². The minimum Gasteiger partial charge on any atom is -0.490 e. The topological polar surface area (TPSA) is 90.3 Å². The van der Waals surface area contributed by atoms with Crippen LogP contribution in [0.15, 0.2) is 35.7 Å². The van der Waals surface area contributed by atoms with Crippen molar-refractivity contribution in [2.45, 2.75) is 20.0 Å². The Bertz CT molecular complexity index is 563. The van der Waals surface area contributed by atoms with Gasteiger partial charge in [-0.05, 0) is 26.0 Å². The maximum atomic E-state index is 5.68. The molecule has 7 heteroatoms. The van der Waals surface area contributed by atoms with Crippen LogP contribution in [0.4, 0.5) is 5.95 Å². The van der Waals surface area contributed by atoms with Gasteiger partial charge in [-0.15, -0.1) is 10.2 Å². The summed E-state index contributed by atoms with van der Waals surface area (Å²) in [5.41, 5.74) is 3.57. The molecule has 19 heavy (non-hydrogen) atoms. The minimum atomic E-state index is 0.106. The van der Waals surface area contributed by atoms with Gasteiger partial charge in [0.15, 0.2) is 0 Å². The Labute approximate surface area is 111 Å². The molecule has 0 radical (unpaired) electrons. The number of anilines is 1. The fraction of sp³-hybridized carbons (Fsp3) is 0.250. The molecule has 3 N–H and O–H groups in total. The molecule has 0 amide bonds. The number of hydrazone groups is 1. The molecular formula is C12H16N6O. The van der Waals surface area contributed by atoms with Gasteiger partial charge in [0.05, 0.1) is 12.3 Å². The van der Waals surface area contributed by atoms with Crippen LogP contribution in [0.2, 0.25) is 0 Å². The molecule has 2 aromatic rings. The lowest BCUT2D eigenvalue weighted by Crippen LogP contribution is -2.10. The highest BCUT2D eigenvalue weighted by Crippen LogP contribution is 2.17. The fourth-order valence-corrected chi connectivity index (χ4v) is 1.43. The molecular weight excluding hydrogens is 244 g/mol. The number of ether oxygens (including phenoxy) is 1. The van der Waals surface area contributed by atoms with Gasteiger partial charge in [0, 0.05) is 5.56 Å². The van der Waals surface area contributed by atoms with Crippen molar-refractivity contribution in [3.63, 3.8) is 0 Å². The average molecular weight is 260 g/mol. The largest absolute Gasteiger partial charge is 0.490 e. The third-order valence-electron chi connectivity index (χ3n) is 2.22. The quantitative estimate of drug-likeness (QED) is 0.479. The summed E-state index contributed by atoms with van der Waals surface area (Å²) in [7, 11) is 0. The SMILES string of the molecule is CC(C)Oc1ccccc1/C=N/Nc1nncn1N. The predicted octanol–water partition coefficient (Wildman–Crippen LogP) is 1.23. The molecule has 0 aliphatic heterocycles. The first-order chi connectivity index (χ1) is 9.16. The molecule has 0 fully saturated rings. The van der Waals surface area contributed by atoms with E-state index in [-0.39, 0.29) is 6.10 Å². The first-order valence-electron chi connectivity index (χ1n) is 5.86. The number of nitrogens with zero attached hydrogens (tertiary/aromatic N) is 4. The summed E-state index contributed by atoms with van der Waals surface area (Å²) < 4.78 is 6.92. The van der Waals surface area contributed by atoms with E-state index in [0.717, 1.165) is 11.3 Å². The van der Waals surface area contributed by atoms with Crippen molar-refractivity contribution >= 4 is 12.2 Å². The molecule has 0 aliphatic rings. The Kier molecular flexibility index (Phi) is 3.97. The summed E-state index contributed by atoms with van der Waals surface area (Å²) in [4.78, 5) is 0. The van der Waals surface area contributed by atoms with Crippen LogP contribution in [-0.4, -0.2) is 27.2 Å². The second kappa shape index (κ2) is 5.85. The standard InChI is InChI=1S/C12H16N6O/c1-9(2)19-11-6-4-3-5-10(11)7-14-16-12-17-15-8-18(12)13/h3-9H,13H2,1-2H3,(H,16,17)/b14-7+. The zero-order valence-corrected chi connectivity index (χ0v) is 10.8. The first kappa shape index (κ1) is 12.9. The second-order valence-corrected chi connectivity index (χ2v) is 4.14. The lowest BCUT2D eigenvalue weighted by Gasteiger charge is -2.11. The number of hydrogen-bond acceptors (Lipinski definition) is 6. The Morgan fingerprint density at radius 2 is 2.21 bits per heavy atom.